The minimum absolute atomic E-state index is 0.114. The number of benzene rings is 1. The fraction of sp³-hybridized carbons (Fsp3) is 0.556. The van der Waals surface area contributed by atoms with E-state index in [1.165, 1.54) is 11.3 Å². The molecule has 1 aliphatic heterocycles. The van der Waals surface area contributed by atoms with Crippen LogP contribution in [0.2, 0.25) is 0 Å². The van der Waals surface area contributed by atoms with Crippen LogP contribution in [0.15, 0.2) is 24.3 Å². The standard InChI is InChI=1S/C27H36N6O3S/c1-17-9-11-18(12-10-17)24(35)29-26-28-23-22(37-26)21(30-33(23)27(2,3)4)25(36)32-15-13-31(14-16-32)19-7-5-6-8-20(19)34/h9-12,19-20,34H,5-8,13-16H2,1-4H3,(H,28,29,35)/t19?,20-/m1/s1. The smallest absolute Gasteiger partial charge is 0.276 e. The molecule has 2 fully saturated rings. The van der Waals surface area contributed by atoms with Crippen LogP contribution < -0.4 is 5.32 Å². The summed E-state index contributed by atoms with van der Waals surface area (Å²) in [5.41, 5.74) is 2.23. The van der Waals surface area contributed by atoms with E-state index >= 15 is 0 Å². The third kappa shape index (κ3) is 5.28. The number of aliphatic hydroxyl groups excluding tert-OH is 1. The zero-order chi connectivity index (χ0) is 26.3. The van der Waals surface area contributed by atoms with E-state index in [1.807, 2.05) is 44.7 Å². The Hall–Kier alpha value is -2.82. The average Bonchev–Trinajstić information content (AvgIpc) is 3.43. The predicted molar refractivity (Wildman–Crippen MR) is 145 cm³/mol. The first kappa shape index (κ1) is 25.8. The van der Waals surface area contributed by atoms with Gasteiger partial charge in [-0.2, -0.15) is 10.1 Å². The molecule has 3 aromatic rings. The summed E-state index contributed by atoms with van der Waals surface area (Å²) in [7, 11) is 0. The molecule has 1 saturated carbocycles. The van der Waals surface area contributed by atoms with E-state index in [9.17, 15) is 14.7 Å². The first-order valence-electron chi connectivity index (χ1n) is 13.1. The van der Waals surface area contributed by atoms with Crippen molar-refractivity contribution in [3.05, 3.63) is 41.1 Å². The number of aliphatic hydroxyl groups is 1. The Kier molecular flexibility index (Phi) is 7.08. The summed E-state index contributed by atoms with van der Waals surface area (Å²) in [5.74, 6) is -0.350. The number of aromatic nitrogens is 3. The largest absolute Gasteiger partial charge is 0.391 e. The van der Waals surface area contributed by atoms with Crippen LogP contribution in [0.3, 0.4) is 0 Å². The zero-order valence-electron chi connectivity index (χ0n) is 22.0. The molecule has 2 atom stereocenters. The van der Waals surface area contributed by atoms with Crippen molar-refractivity contribution in [3.63, 3.8) is 0 Å². The lowest BCUT2D eigenvalue weighted by Gasteiger charge is -2.42. The Morgan fingerprint density at radius 1 is 1.05 bits per heavy atom. The van der Waals surface area contributed by atoms with Crippen LogP contribution >= 0.6 is 11.3 Å². The molecule has 0 bridgehead atoms. The van der Waals surface area contributed by atoms with Crippen molar-refractivity contribution in [1.29, 1.82) is 0 Å². The van der Waals surface area contributed by atoms with Gasteiger partial charge in [-0.25, -0.2) is 4.68 Å². The van der Waals surface area contributed by atoms with Crippen molar-refractivity contribution < 1.29 is 14.7 Å². The molecule has 2 amide bonds. The number of piperazine rings is 1. The van der Waals surface area contributed by atoms with Gasteiger partial charge in [0.15, 0.2) is 16.5 Å². The van der Waals surface area contributed by atoms with Crippen LogP contribution in [0, 0.1) is 6.92 Å². The van der Waals surface area contributed by atoms with Gasteiger partial charge in [0.05, 0.1) is 11.6 Å². The van der Waals surface area contributed by atoms with Crippen molar-refractivity contribution in [2.24, 2.45) is 0 Å². The van der Waals surface area contributed by atoms with E-state index in [0.29, 0.717) is 39.8 Å². The molecule has 9 nitrogen and oxygen atoms in total. The Labute approximate surface area is 221 Å². The van der Waals surface area contributed by atoms with E-state index in [1.54, 1.807) is 16.8 Å². The van der Waals surface area contributed by atoms with Gasteiger partial charge in [-0.3, -0.25) is 19.8 Å². The molecule has 0 spiro atoms. The Bertz CT molecular complexity index is 1280. The number of thiazole rings is 1. The van der Waals surface area contributed by atoms with Gasteiger partial charge in [0.2, 0.25) is 0 Å². The van der Waals surface area contributed by atoms with Crippen LogP contribution in [0.1, 0.15) is 72.9 Å². The summed E-state index contributed by atoms with van der Waals surface area (Å²) in [4.78, 5) is 35.3. The number of hydrogen-bond acceptors (Lipinski definition) is 7. The fourth-order valence-corrected chi connectivity index (χ4v) is 6.18. The van der Waals surface area contributed by atoms with E-state index in [2.05, 4.69) is 15.2 Å². The van der Waals surface area contributed by atoms with Gasteiger partial charge in [-0.15, -0.1) is 0 Å². The SMILES string of the molecule is Cc1ccc(C(=O)Nc2nc3c(s2)c(C(=O)N2CCN(C4CCCC[C@H]4O)CC2)nn3C(C)(C)C)cc1. The number of hydrogen-bond donors (Lipinski definition) is 2. The van der Waals surface area contributed by atoms with E-state index in [4.69, 9.17) is 5.10 Å². The number of anilines is 1. The second-order valence-corrected chi connectivity index (χ2v) is 12.2. The number of fused-ring (bicyclic) bond motifs is 1. The molecule has 1 aromatic carbocycles. The summed E-state index contributed by atoms with van der Waals surface area (Å²) in [6.07, 6.45) is 3.84. The van der Waals surface area contributed by atoms with Gasteiger partial charge in [-0.1, -0.05) is 41.9 Å². The molecule has 3 heterocycles. The van der Waals surface area contributed by atoms with Gasteiger partial charge >= 0.3 is 0 Å². The zero-order valence-corrected chi connectivity index (χ0v) is 22.8. The summed E-state index contributed by atoms with van der Waals surface area (Å²) < 4.78 is 2.46. The number of amides is 2. The highest BCUT2D eigenvalue weighted by Crippen LogP contribution is 2.33. The van der Waals surface area contributed by atoms with Crippen molar-refractivity contribution in [1.82, 2.24) is 24.6 Å². The summed E-state index contributed by atoms with van der Waals surface area (Å²) in [6.45, 7) is 10.7. The molecule has 2 aliphatic rings. The molecule has 0 radical (unpaired) electrons. The molecule has 1 unspecified atom stereocenters. The Morgan fingerprint density at radius 3 is 2.38 bits per heavy atom. The minimum atomic E-state index is -0.390. The van der Waals surface area contributed by atoms with Crippen LogP contribution in [-0.4, -0.2) is 79.8 Å². The quantitative estimate of drug-likeness (QED) is 0.537. The molecule has 1 aliphatic carbocycles. The molecular weight excluding hydrogens is 488 g/mol. The number of nitrogens with one attached hydrogen (secondary N) is 1. The normalized spacial score (nSPS) is 21.4. The predicted octanol–water partition coefficient (Wildman–Crippen LogP) is 3.87. The van der Waals surface area contributed by atoms with Gasteiger partial charge in [0.1, 0.15) is 4.70 Å². The number of rotatable bonds is 4. The number of aryl methyl sites for hydroxylation is 1. The second kappa shape index (κ2) is 10.2. The lowest BCUT2D eigenvalue weighted by Crippen LogP contribution is -2.55. The third-order valence-corrected chi connectivity index (χ3v) is 8.33. The van der Waals surface area contributed by atoms with Crippen molar-refractivity contribution in [3.8, 4) is 0 Å². The first-order valence-corrected chi connectivity index (χ1v) is 13.9. The van der Waals surface area contributed by atoms with Crippen molar-refractivity contribution in [2.75, 3.05) is 31.5 Å². The molecule has 10 heteroatoms. The first-order chi connectivity index (χ1) is 17.6. The fourth-order valence-electron chi connectivity index (χ4n) is 5.26. The summed E-state index contributed by atoms with van der Waals surface area (Å²) in [6, 6.07) is 7.57. The maximum atomic E-state index is 13.7. The molecule has 37 heavy (non-hydrogen) atoms. The maximum Gasteiger partial charge on any atom is 0.276 e. The summed E-state index contributed by atoms with van der Waals surface area (Å²) >= 11 is 1.29. The lowest BCUT2D eigenvalue weighted by atomic mass is 9.91. The van der Waals surface area contributed by atoms with Gasteiger partial charge in [-0.05, 0) is 52.7 Å². The Balaban J connectivity index is 1.36. The van der Waals surface area contributed by atoms with E-state index < -0.39 is 0 Å². The lowest BCUT2D eigenvalue weighted by molar-refractivity contribution is -0.00181. The van der Waals surface area contributed by atoms with Crippen LogP contribution in [0.5, 0.6) is 0 Å². The number of nitrogens with zero attached hydrogens (tertiary/aromatic N) is 5. The highest BCUT2D eigenvalue weighted by molar-refractivity contribution is 7.22. The topological polar surface area (TPSA) is 104 Å². The van der Waals surface area contributed by atoms with Gasteiger partial charge < -0.3 is 10.0 Å². The Morgan fingerprint density at radius 2 is 1.73 bits per heavy atom. The van der Waals surface area contributed by atoms with Crippen molar-refractivity contribution in [2.45, 2.75) is 71.1 Å². The average molecular weight is 525 g/mol. The van der Waals surface area contributed by atoms with Crippen LogP contribution in [0.25, 0.3) is 10.3 Å². The third-order valence-electron chi connectivity index (χ3n) is 7.36. The minimum Gasteiger partial charge on any atom is -0.391 e. The van der Waals surface area contributed by atoms with Crippen LogP contribution in [-0.2, 0) is 5.54 Å². The molecule has 5 rings (SSSR count). The van der Waals surface area contributed by atoms with E-state index in [-0.39, 0.29) is 29.5 Å². The molecule has 2 aromatic heterocycles. The highest BCUT2D eigenvalue weighted by atomic mass is 32.1. The van der Waals surface area contributed by atoms with Crippen LogP contribution in [0.4, 0.5) is 5.13 Å². The molecule has 1 saturated heterocycles. The van der Waals surface area contributed by atoms with Crippen molar-refractivity contribution >= 4 is 38.6 Å². The molecule has 2 N–H and O–H groups in total. The maximum absolute atomic E-state index is 13.7. The van der Waals surface area contributed by atoms with Gasteiger partial charge in [0, 0.05) is 37.8 Å². The number of carbonyl (C=O) groups is 2. The van der Waals surface area contributed by atoms with Gasteiger partial charge in [0.25, 0.3) is 11.8 Å². The van der Waals surface area contributed by atoms with E-state index in [0.717, 1.165) is 44.3 Å². The molecule has 198 valence electrons. The number of carbonyl (C=O) groups excluding carboxylic acids is 2. The highest BCUT2D eigenvalue weighted by Gasteiger charge is 2.34. The monoisotopic (exact) mass is 524 g/mol. The second-order valence-electron chi connectivity index (χ2n) is 11.2. The summed E-state index contributed by atoms with van der Waals surface area (Å²) in [5, 5.41) is 18.5. The molecular formula is C27H36N6O3S.